The van der Waals surface area contributed by atoms with Crippen LogP contribution in [-0.4, -0.2) is 29.1 Å². The molecule has 0 saturated carbocycles. The summed E-state index contributed by atoms with van der Waals surface area (Å²) in [7, 11) is 2.56. The Morgan fingerprint density at radius 1 is 1.04 bits per heavy atom. The summed E-state index contributed by atoms with van der Waals surface area (Å²) in [6, 6.07) is 7.54. The average Bonchev–Trinajstić information content (AvgIpc) is 2.50. The molecule has 23 heavy (non-hydrogen) atoms. The SMILES string of the molecule is CCCCCCCCC(=O)NS(=O)c1ccc(CN(C)C)cc1. The van der Waals surface area contributed by atoms with Gasteiger partial charge in [-0.15, -0.1) is 0 Å². The molecule has 4 nitrogen and oxygen atoms in total. The molecular weight excluding hydrogens is 308 g/mol. The number of nitrogens with one attached hydrogen (secondary N) is 1. The van der Waals surface area contributed by atoms with Crippen LogP contribution in [0.1, 0.15) is 57.4 Å². The molecule has 130 valence electrons. The van der Waals surface area contributed by atoms with E-state index in [0.717, 1.165) is 24.9 Å². The number of carbonyl (C=O) groups is 1. The van der Waals surface area contributed by atoms with E-state index in [0.29, 0.717) is 11.3 Å². The molecule has 1 N–H and O–H groups in total. The van der Waals surface area contributed by atoms with Gasteiger partial charge in [0.25, 0.3) is 0 Å². The Bertz CT molecular complexity index is 486. The third-order valence-corrected chi connectivity index (χ3v) is 4.71. The van der Waals surface area contributed by atoms with Gasteiger partial charge in [0.1, 0.15) is 0 Å². The minimum absolute atomic E-state index is 0.129. The Morgan fingerprint density at radius 3 is 2.26 bits per heavy atom. The average molecular weight is 339 g/mol. The second-order valence-corrected chi connectivity index (χ2v) is 7.41. The van der Waals surface area contributed by atoms with Gasteiger partial charge in [0, 0.05) is 13.0 Å². The first kappa shape index (κ1) is 19.8. The summed E-state index contributed by atoms with van der Waals surface area (Å²) in [5, 5.41) is 0. The van der Waals surface area contributed by atoms with E-state index in [1.165, 1.54) is 25.7 Å². The van der Waals surface area contributed by atoms with Crippen LogP contribution >= 0.6 is 0 Å². The van der Waals surface area contributed by atoms with Gasteiger partial charge in [-0.25, -0.2) is 4.21 Å². The number of benzene rings is 1. The number of hydrogen-bond acceptors (Lipinski definition) is 3. The molecular formula is C18H30N2O2S. The summed E-state index contributed by atoms with van der Waals surface area (Å²) in [6.45, 7) is 3.03. The van der Waals surface area contributed by atoms with Crippen molar-refractivity contribution >= 4 is 16.9 Å². The van der Waals surface area contributed by atoms with Crippen molar-refractivity contribution < 1.29 is 9.00 Å². The maximum Gasteiger partial charge on any atom is 0.231 e. The van der Waals surface area contributed by atoms with Gasteiger partial charge >= 0.3 is 0 Å². The third kappa shape index (κ3) is 8.86. The molecule has 0 bridgehead atoms. The van der Waals surface area contributed by atoms with Crippen LogP contribution in [0.3, 0.4) is 0 Å². The number of rotatable bonds is 11. The van der Waals surface area contributed by atoms with E-state index >= 15 is 0 Å². The highest BCUT2D eigenvalue weighted by Gasteiger charge is 2.08. The van der Waals surface area contributed by atoms with Gasteiger partial charge in [0.15, 0.2) is 11.0 Å². The monoisotopic (exact) mass is 338 g/mol. The Kier molecular flexibility index (Phi) is 9.80. The third-order valence-electron chi connectivity index (χ3n) is 3.60. The molecule has 1 unspecified atom stereocenters. The van der Waals surface area contributed by atoms with Crippen molar-refractivity contribution in [2.24, 2.45) is 0 Å². The first-order valence-electron chi connectivity index (χ1n) is 8.48. The predicted octanol–water partition coefficient (Wildman–Crippen LogP) is 3.64. The fourth-order valence-electron chi connectivity index (χ4n) is 2.36. The topological polar surface area (TPSA) is 49.4 Å². The molecule has 0 fully saturated rings. The van der Waals surface area contributed by atoms with Crippen molar-refractivity contribution in [2.45, 2.75) is 63.3 Å². The lowest BCUT2D eigenvalue weighted by atomic mass is 10.1. The predicted molar refractivity (Wildman–Crippen MR) is 96.4 cm³/mol. The van der Waals surface area contributed by atoms with E-state index < -0.39 is 11.0 Å². The van der Waals surface area contributed by atoms with Gasteiger partial charge in [-0.05, 0) is 38.2 Å². The summed E-state index contributed by atoms with van der Waals surface area (Å²) in [5.41, 5.74) is 1.16. The molecule has 5 heteroatoms. The summed E-state index contributed by atoms with van der Waals surface area (Å²) < 4.78 is 14.7. The van der Waals surface area contributed by atoms with Crippen molar-refractivity contribution in [2.75, 3.05) is 14.1 Å². The second-order valence-electron chi connectivity index (χ2n) is 6.19. The van der Waals surface area contributed by atoms with Crippen molar-refractivity contribution in [1.82, 2.24) is 9.62 Å². The highest BCUT2D eigenvalue weighted by molar-refractivity contribution is 7.83. The minimum atomic E-state index is -1.46. The van der Waals surface area contributed by atoms with Crippen molar-refractivity contribution in [1.29, 1.82) is 0 Å². The normalized spacial score (nSPS) is 12.3. The van der Waals surface area contributed by atoms with Crippen LogP contribution in [-0.2, 0) is 22.3 Å². The van der Waals surface area contributed by atoms with Gasteiger partial charge < -0.3 is 4.90 Å². The van der Waals surface area contributed by atoms with Crippen molar-refractivity contribution in [3.05, 3.63) is 29.8 Å². The van der Waals surface area contributed by atoms with E-state index in [1.807, 2.05) is 38.4 Å². The van der Waals surface area contributed by atoms with E-state index in [-0.39, 0.29) is 5.91 Å². The standard InChI is InChI=1S/C18H30N2O2S/c1-4-5-6-7-8-9-10-18(21)19-23(22)17-13-11-16(12-14-17)15-20(2)3/h11-14H,4-10,15H2,1-3H3,(H,19,21). The zero-order chi connectivity index (χ0) is 17.1. The van der Waals surface area contributed by atoms with Gasteiger partial charge in [-0.1, -0.05) is 51.2 Å². The number of carbonyl (C=O) groups excluding carboxylic acids is 1. The number of hydrogen-bond donors (Lipinski definition) is 1. The van der Waals surface area contributed by atoms with Crippen molar-refractivity contribution in [3.63, 3.8) is 0 Å². The number of unbranched alkanes of at least 4 members (excludes halogenated alkanes) is 5. The highest BCUT2D eigenvalue weighted by Crippen LogP contribution is 2.10. The van der Waals surface area contributed by atoms with E-state index in [2.05, 4.69) is 16.5 Å². The Balaban J connectivity index is 2.30. The molecule has 0 heterocycles. The van der Waals surface area contributed by atoms with Gasteiger partial charge in [0.2, 0.25) is 5.91 Å². The Hall–Kier alpha value is -1.20. The molecule has 1 aromatic carbocycles. The van der Waals surface area contributed by atoms with Gasteiger partial charge in [-0.3, -0.25) is 9.52 Å². The molecule has 0 aromatic heterocycles. The maximum atomic E-state index is 12.1. The molecule has 0 aliphatic heterocycles. The van der Waals surface area contributed by atoms with Crippen LogP contribution in [0, 0.1) is 0 Å². The van der Waals surface area contributed by atoms with E-state index in [1.54, 1.807) is 0 Å². The second kappa shape index (κ2) is 11.4. The zero-order valence-electron chi connectivity index (χ0n) is 14.6. The molecule has 0 saturated heterocycles. The highest BCUT2D eigenvalue weighted by atomic mass is 32.2. The molecule has 0 aliphatic carbocycles. The van der Waals surface area contributed by atoms with Crippen LogP contribution in [0.5, 0.6) is 0 Å². The van der Waals surface area contributed by atoms with Crippen LogP contribution in [0.4, 0.5) is 0 Å². The molecule has 1 rings (SSSR count). The lowest BCUT2D eigenvalue weighted by Crippen LogP contribution is -2.25. The molecule has 1 atom stereocenters. The van der Waals surface area contributed by atoms with Crippen LogP contribution in [0.2, 0.25) is 0 Å². The maximum absolute atomic E-state index is 12.1. The number of nitrogens with zero attached hydrogens (tertiary/aromatic N) is 1. The molecule has 0 spiro atoms. The minimum Gasteiger partial charge on any atom is -0.305 e. The fourth-order valence-corrected chi connectivity index (χ4v) is 3.17. The first-order valence-corrected chi connectivity index (χ1v) is 9.63. The van der Waals surface area contributed by atoms with Gasteiger partial charge in [0.05, 0.1) is 4.90 Å². The summed E-state index contributed by atoms with van der Waals surface area (Å²) in [5.74, 6) is -0.129. The Labute approximate surface area is 143 Å². The summed E-state index contributed by atoms with van der Waals surface area (Å²) >= 11 is 0. The van der Waals surface area contributed by atoms with Crippen molar-refractivity contribution in [3.8, 4) is 0 Å². The lowest BCUT2D eigenvalue weighted by molar-refractivity contribution is -0.119. The van der Waals surface area contributed by atoms with Crippen LogP contribution in [0.15, 0.2) is 29.2 Å². The fraction of sp³-hybridized carbons (Fsp3) is 0.611. The lowest BCUT2D eigenvalue weighted by Gasteiger charge is -2.10. The van der Waals surface area contributed by atoms with E-state index in [9.17, 15) is 9.00 Å². The largest absolute Gasteiger partial charge is 0.305 e. The Morgan fingerprint density at radius 2 is 1.65 bits per heavy atom. The van der Waals surface area contributed by atoms with Gasteiger partial charge in [-0.2, -0.15) is 0 Å². The quantitative estimate of drug-likeness (QED) is 0.627. The number of amides is 1. The van der Waals surface area contributed by atoms with Crippen LogP contribution in [0.25, 0.3) is 0 Å². The van der Waals surface area contributed by atoms with E-state index in [4.69, 9.17) is 0 Å². The first-order chi connectivity index (χ1) is 11.0. The molecule has 0 aliphatic rings. The zero-order valence-corrected chi connectivity index (χ0v) is 15.5. The van der Waals surface area contributed by atoms with Crippen LogP contribution < -0.4 is 4.72 Å². The summed E-state index contributed by atoms with van der Waals surface area (Å²) in [6.07, 6.45) is 7.30. The smallest absolute Gasteiger partial charge is 0.231 e. The molecule has 1 aromatic rings. The molecule has 0 radical (unpaired) electrons. The molecule has 1 amide bonds. The summed E-state index contributed by atoms with van der Waals surface area (Å²) in [4.78, 5) is 14.5.